The summed E-state index contributed by atoms with van der Waals surface area (Å²) in [6.07, 6.45) is -0.147. The van der Waals surface area contributed by atoms with E-state index < -0.39 is 77.7 Å². The maximum atomic E-state index is 13.9. The quantitative estimate of drug-likeness (QED) is 0.0529. The molecular formula is C38H40N14O11. The van der Waals surface area contributed by atoms with Crippen LogP contribution in [0.1, 0.15) is 52.1 Å². The average Bonchev–Trinajstić information content (AvgIpc) is 3.24. The van der Waals surface area contributed by atoms with Crippen molar-refractivity contribution < 1.29 is 44.1 Å². The Morgan fingerprint density at radius 1 is 0.746 bits per heavy atom. The highest BCUT2D eigenvalue weighted by Gasteiger charge is 2.35. The second-order valence-electron chi connectivity index (χ2n) is 14.0. The molecule has 1 unspecified atom stereocenters. The fourth-order valence-electron chi connectivity index (χ4n) is 6.43. The van der Waals surface area contributed by atoms with Crippen LogP contribution in [0.5, 0.6) is 0 Å². The Balaban J connectivity index is 1.07. The molecule has 0 saturated heterocycles. The number of carboxylic acid groups (broad SMARTS) is 3. The largest absolute Gasteiger partial charge is 0.481 e. The number of nitrogens with zero attached hydrogens (tertiary/aromatic N) is 5. The Bertz CT molecular complexity index is 2690. The van der Waals surface area contributed by atoms with Crippen LogP contribution in [-0.2, 0) is 25.7 Å². The number of nitrogen functional groups attached to an aromatic ring is 2. The van der Waals surface area contributed by atoms with Gasteiger partial charge in [0.05, 0.1) is 24.5 Å². The van der Waals surface area contributed by atoms with Crippen molar-refractivity contribution in [3.05, 3.63) is 92.3 Å². The number of anilines is 6. The molecule has 0 aliphatic carbocycles. The average molecular weight is 869 g/mol. The second-order valence-corrected chi connectivity index (χ2v) is 14.0. The summed E-state index contributed by atoms with van der Waals surface area (Å²) in [5.74, 6) is -6.44. The van der Waals surface area contributed by atoms with Gasteiger partial charge in [0.15, 0.2) is 22.7 Å². The van der Waals surface area contributed by atoms with Crippen LogP contribution in [0, 0.1) is 0 Å². The molecule has 1 aliphatic rings. The van der Waals surface area contributed by atoms with Crippen molar-refractivity contribution in [1.82, 2.24) is 40.5 Å². The van der Waals surface area contributed by atoms with Gasteiger partial charge in [0.1, 0.15) is 12.1 Å². The van der Waals surface area contributed by atoms with Crippen molar-refractivity contribution >= 4 is 81.6 Å². The van der Waals surface area contributed by atoms with Gasteiger partial charge in [0, 0.05) is 48.4 Å². The molecule has 5 aromatic rings. The third-order valence-electron chi connectivity index (χ3n) is 9.59. The Morgan fingerprint density at radius 3 is 1.89 bits per heavy atom. The van der Waals surface area contributed by atoms with Gasteiger partial charge in [-0.25, -0.2) is 19.6 Å². The molecule has 4 heterocycles. The van der Waals surface area contributed by atoms with Crippen LogP contribution in [0.15, 0.2) is 64.3 Å². The van der Waals surface area contributed by atoms with Gasteiger partial charge in [-0.3, -0.25) is 43.6 Å². The lowest BCUT2D eigenvalue weighted by molar-refractivity contribution is -0.141. The third kappa shape index (κ3) is 11.0. The number of hydrogen-bond donors (Lipinski definition) is 12. The lowest BCUT2D eigenvalue weighted by Gasteiger charge is -2.37. The first-order valence-electron chi connectivity index (χ1n) is 19.0. The van der Waals surface area contributed by atoms with E-state index in [1.165, 1.54) is 47.5 Å². The number of carbonyl (C=O) groups is 6. The highest BCUT2D eigenvalue weighted by molar-refractivity contribution is 5.99. The van der Waals surface area contributed by atoms with E-state index in [9.17, 15) is 48.6 Å². The normalized spacial score (nSPS) is 14.0. The van der Waals surface area contributed by atoms with E-state index in [0.717, 1.165) is 0 Å². The minimum Gasteiger partial charge on any atom is -0.481 e. The first-order valence-corrected chi connectivity index (χ1v) is 19.0. The number of fused-ring (bicyclic) bond motifs is 2. The van der Waals surface area contributed by atoms with Crippen LogP contribution < -0.4 is 54.1 Å². The van der Waals surface area contributed by atoms with Gasteiger partial charge >= 0.3 is 17.9 Å². The highest BCUT2D eigenvalue weighted by atomic mass is 16.4. The van der Waals surface area contributed by atoms with Gasteiger partial charge in [-0.2, -0.15) is 9.97 Å². The molecule has 63 heavy (non-hydrogen) atoms. The summed E-state index contributed by atoms with van der Waals surface area (Å²) < 4.78 is 0. The van der Waals surface area contributed by atoms with Gasteiger partial charge in [0.25, 0.3) is 22.9 Å². The molecule has 3 aromatic heterocycles. The van der Waals surface area contributed by atoms with Gasteiger partial charge in [-0.05, 0) is 61.4 Å². The zero-order valence-corrected chi connectivity index (χ0v) is 32.9. The summed E-state index contributed by atoms with van der Waals surface area (Å²) in [7, 11) is 0. The van der Waals surface area contributed by atoms with Crippen LogP contribution in [0.4, 0.5) is 34.8 Å². The smallest absolute Gasteiger partial charge is 0.326 e. The molecule has 25 nitrogen and oxygen atoms in total. The standard InChI is InChI=1S/C38H40N14O11/c39-37-48-29-27(33(58)50-37)45-21(14-43-29)13-41-19-5-1-17(2-6-19)31(56)46-23(35(60)61)9-11-25(53)52-22(16-44-30-28(52)34(59)51-38(40)49-30)15-42-20-7-3-18(4-8-20)32(57)47-24(36(62)63)10-12-26(54)55/h1-8,14,22-24,41-42H,9-13,15-16H2,(H,46,56)(H,47,57)(H,54,55)(H,60,61)(H,62,63)(H3,39,43,48,50,58)(H4,40,44,49,51,59)/t22?,23-,24-/m0/s1. The number of aromatic nitrogens is 6. The van der Waals surface area contributed by atoms with Crippen molar-refractivity contribution in [3.63, 3.8) is 0 Å². The molecule has 1 aliphatic heterocycles. The summed E-state index contributed by atoms with van der Waals surface area (Å²) in [5, 5.41) is 42.2. The number of carbonyl (C=O) groups excluding carboxylic acids is 3. The number of aromatic amines is 2. The zero-order valence-electron chi connectivity index (χ0n) is 32.9. The molecule has 14 N–H and O–H groups in total. The molecule has 0 fully saturated rings. The molecular weight excluding hydrogens is 829 g/mol. The van der Waals surface area contributed by atoms with E-state index in [4.69, 9.17) is 16.6 Å². The summed E-state index contributed by atoms with van der Waals surface area (Å²) in [6.45, 7) is 0.250. The molecule has 328 valence electrons. The summed E-state index contributed by atoms with van der Waals surface area (Å²) in [5.41, 5.74) is 11.6. The van der Waals surface area contributed by atoms with Crippen molar-refractivity contribution in [2.75, 3.05) is 45.4 Å². The number of benzene rings is 2. The van der Waals surface area contributed by atoms with Crippen LogP contribution in [0.2, 0.25) is 0 Å². The lowest BCUT2D eigenvalue weighted by atomic mass is 10.1. The Morgan fingerprint density at radius 2 is 1.30 bits per heavy atom. The van der Waals surface area contributed by atoms with E-state index in [2.05, 4.69) is 56.5 Å². The van der Waals surface area contributed by atoms with Crippen LogP contribution in [0.25, 0.3) is 11.2 Å². The topological polar surface area (TPSA) is 396 Å². The van der Waals surface area contributed by atoms with Gasteiger partial charge in [0.2, 0.25) is 17.8 Å². The zero-order chi connectivity index (χ0) is 45.4. The molecule has 3 amide bonds. The van der Waals surface area contributed by atoms with Crippen molar-refractivity contribution in [1.29, 1.82) is 0 Å². The van der Waals surface area contributed by atoms with Crippen molar-refractivity contribution in [2.24, 2.45) is 0 Å². The van der Waals surface area contributed by atoms with Crippen LogP contribution in [0.3, 0.4) is 0 Å². The number of hydrogen-bond acceptors (Lipinski definition) is 17. The molecule has 0 saturated carbocycles. The summed E-state index contributed by atoms with van der Waals surface area (Å²) in [6, 6.07) is 8.17. The number of nitrogens with one attached hydrogen (secondary N) is 7. The van der Waals surface area contributed by atoms with E-state index in [1.54, 1.807) is 12.1 Å². The number of carboxylic acids is 3. The van der Waals surface area contributed by atoms with Crippen molar-refractivity contribution in [2.45, 2.75) is 50.4 Å². The predicted octanol–water partition coefficient (Wildman–Crippen LogP) is -0.477. The second kappa shape index (κ2) is 19.2. The Labute approximate surface area is 353 Å². The number of H-pyrrole nitrogens is 2. The van der Waals surface area contributed by atoms with Gasteiger partial charge < -0.3 is 53.4 Å². The van der Waals surface area contributed by atoms with Gasteiger partial charge in [-0.1, -0.05) is 0 Å². The number of nitrogens with two attached hydrogens (primary N) is 2. The lowest BCUT2D eigenvalue weighted by Crippen LogP contribution is -2.53. The molecule has 25 heteroatoms. The molecule has 0 radical (unpaired) electrons. The minimum atomic E-state index is -1.51. The first-order chi connectivity index (χ1) is 30.1. The molecule has 0 spiro atoms. The SMILES string of the molecule is Nc1nc2c(c(=O)[nH]1)N(C(=O)CC[C@H](NC(=O)c1ccc(NCc3cnc4nc(N)[nH]c(=O)c4n3)cc1)C(=O)O)C(CNc1ccc(C(=O)N[C@@H](CCC(=O)O)C(=O)O)cc1)CN2. The molecule has 2 aromatic carbocycles. The third-order valence-corrected chi connectivity index (χ3v) is 9.59. The molecule has 3 atom stereocenters. The van der Waals surface area contributed by atoms with E-state index in [1.807, 2.05) is 0 Å². The minimum absolute atomic E-state index is 0.00909. The molecule has 0 bridgehead atoms. The maximum Gasteiger partial charge on any atom is 0.326 e. The van der Waals surface area contributed by atoms with E-state index in [-0.39, 0.29) is 78.2 Å². The Kier molecular flexibility index (Phi) is 13.4. The maximum absolute atomic E-state index is 13.9. The van der Waals surface area contributed by atoms with Crippen LogP contribution >= 0.6 is 0 Å². The van der Waals surface area contributed by atoms with Crippen molar-refractivity contribution in [3.8, 4) is 0 Å². The number of rotatable bonds is 18. The fourth-order valence-corrected chi connectivity index (χ4v) is 6.43. The highest BCUT2D eigenvalue weighted by Crippen LogP contribution is 2.28. The van der Waals surface area contributed by atoms with Crippen LogP contribution in [-0.4, -0.2) is 112 Å². The monoisotopic (exact) mass is 868 g/mol. The first kappa shape index (κ1) is 43.9. The predicted molar refractivity (Wildman–Crippen MR) is 224 cm³/mol. The van der Waals surface area contributed by atoms with Gasteiger partial charge in [-0.15, -0.1) is 0 Å². The number of amides is 3. The Hall–Kier alpha value is -8.64. The fraction of sp³-hybridized carbons (Fsp3) is 0.263. The summed E-state index contributed by atoms with van der Waals surface area (Å²) in [4.78, 5) is 122. The molecule has 6 rings (SSSR count). The van der Waals surface area contributed by atoms with E-state index in [0.29, 0.717) is 17.1 Å². The number of aliphatic carboxylic acids is 3. The van der Waals surface area contributed by atoms with E-state index >= 15 is 0 Å². The summed E-state index contributed by atoms with van der Waals surface area (Å²) >= 11 is 0.